The normalized spacial score (nSPS) is 34.0. The zero-order valence-corrected chi connectivity index (χ0v) is 20.6. The maximum Gasteiger partial charge on any atom is 0.475 e. The van der Waals surface area contributed by atoms with Crippen LogP contribution in [0.1, 0.15) is 31.2 Å². The second-order valence-electron chi connectivity index (χ2n) is 8.40. The van der Waals surface area contributed by atoms with Gasteiger partial charge in [0.05, 0.1) is 24.7 Å². The number of benzene rings is 1. The highest BCUT2D eigenvalue weighted by Crippen LogP contribution is 2.58. The van der Waals surface area contributed by atoms with Crippen LogP contribution in [0.25, 0.3) is 11.0 Å². The fourth-order valence-electron chi connectivity index (χ4n) is 4.25. The molecule has 34 heavy (non-hydrogen) atoms. The fraction of sp³-hybridized carbons (Fsp3) is 0.429. The summed E-state index contributed by atoms with van der Waals surface area (Å²) in [4.78, 5) is 8.17. The molecule has 3 aromatic rings. The summed E-state index contributed by atoms with van der Waals surface area (Å²) < 4.78 is 38.1. The van der Waals surface area contributed by atoms with Crippen LogP contribution in [-0.2, 0) is 22.9 Å². The third-order valence-electron chi connectivity index (χ3n) is 6.08. The summed E-state index contributed by atoms with van der Waals surface area (Å²) in [5, 5.41) is 22.4. The molecule has 0 saturated carbocycles. The Bertz CT molecular complexity index is 1250. The number of phosphoric acid groups is 1. The first-order valence-electron chi connectivity index (χ1n) is 10.6. The highest BCUT2D eigenvalue weighted by molar-refractivity contribution is 9.10. The van der Waals surface area contributed by atoms with E-state index in [0.29, 0.717) is 17.5 Å². The molecule has 1 aromatic carbocycles. The molecule has 4 N–H and O–H groups in total. The van der Waals surface area contributed by atoms with Crippen molar-refractivity contribution in [1.82, 2.24) is 14.5 Å². The predicted molar refractivity (Wildman–Crippen MR) is 125 cm³/mol. The average molecular weight is 555 g/mol. The number of aliphatic hydroxyl groups excluding tert-OH is 1. The van der Waals surface area contributed by atoms with E-state index in [1.807, 2.05) is 24.3 Å². The number of rotatable bonds is 5. The minimum absolute atomic E-state index is 0.175. The smallest absolute Gasteiger partial charge is 0.387 e. The van der Waals surface area contributed by atoms with Crippen molar-refractivity contribution in [3.05, 3.63) is 52.9 Å². The van der Waals surface area contributed by atoms with Gasteiger partial charge in [0.2, 0.25) is 0 Å². The molecule has 182 valence electrons. The van der Waals surface area contributed by atoms with Crippen molar-refractivity contribution in [2.75, 3.05) is 18.9 Å². The number of fused-ring (bicyclic) bond motifs is 1. The summed E-state index contributed by atoms with van der Waals surface area (Å²) in [6.45, 7) is 1.29. The number of nitrogens with two attached hydrogens (primary N) is 1. The Balaban J connectivity index is 1.31. The van der Waals surface area contributed by atoms with Crippen LogP contribution in [0, 0.1) is 0 Å². The Morgan fingerprint density at radius 3 is 2.94 bits per heavy atom. The number of nitrogen functional groups attached to an aromatic ring is 1. The van der Waals surface area contributed by atoms with E-state index in [0.717, 1.165) is 10.0 Å². The van der Waals surface area contributed by atoms with Gasteiger partial charge < -0.3 is 25.3 Å². The number of ether oxygens (including phenoxy) is 1. The Hall–Kier alpha value is -1.89. The van der Waals surface area contributed by atoms with E-state index in [9.17, 15) is 14.8 Å². The molecule has 0 amide bonds. The molecule has 0 unspecified atom stereocenters. The first-order chi connectivity index (χ1) is 16.2. The second kappa shape index (κ2) is 8.96. The lowest BCUT2D eigenvalue weighted by Gasteiger charge is -2.30. The van der Waals surface area contributed by atoms with Gasteiger partial charge in [0.25, 0.3) is 0 Å². The molecule has 0 spiro atoms. The van der Waals surface area contributed by atoms with E-state index in [-0.39, 0.29) is 19.0 Å². The largest absolute Gasteiger partial charge is 0.475 e. The number of halogens is 1. The Kier molecular flexibility index (Phi) is 6.28. The second-order valence-corrected chi connectivity index (χ2v) is 10.9. The van der Waals surface area contributed by atoms with Crippen LogP contribution in [0.4, 0.5) is 5.82 Å². The van der Waals surface area contributed by atoms with Gasteiger partial charge in [-0.25, -0.2) is 14.5 Å². The van der Waals surface area contributed by atoms with E-state index in [1.165, 1.54) is 13.3 Å². The minimum Gasteiger partial charge on any atom is -0.387 e. The molecular formula is C21H24BrN4O7P. The monoisotopic (exact) mass is 554 g/mol. The van der Waals surface area contributed by atoms with Gasteiger partial charge in [0.1, 0.15) is 35.6 Å². The summed E-state index contributed by atoms with van der Waals surface area (Å²) in [5.74, 6) is 0.283. The lowest BCUT2D eigenvalue weighted by atomic mass is 9.96. The minimum atomic E-state index is -3.94. The number of phosphoric ester groups is 1. The van der Waals surface area contributed by atoms with Crippen LogP contribution in [0.2, 0.25) is 0 Å². The summed E-state index contributed by atoms with van der Waals surface area (Å²) in [5.41, 5.74) is 5.46. The first-order valence-corrected chi connectivity index (χ1v) is 12.9. The Labute approximate surface area is 203 Å². The van der Waals surface area contributed by atoms with Crippen LogP contribution in [-0.4, -0.2) is 55.8 Å². The number of anilines is 1. The van der Waals surface area contributed by atoms with Gasteiger partial charge in [-0.1, -0.05) is 34.1 Å². The van der Waals surface area contributed by atoms with Gasteiger partial charge in [-0.05, 0) is 24.6 Å². The molecule has 0 aliphatic carbocycles. The van der Waals surface area contributed by atoms with Crippen LogP contribution in [0.5, 0.6) is 0 Å². The molecule has 13 heteroatoms. The number of hydrogen-bond donors (Lipinski definition) is 3. The predicted octanol–water partition coefficient (Wildman–Crippen LogP) is 3.09. The molecule has 11 nitrogen and oxygen atoms in total. The molecule has 2 aliphatic rings. The lowest BCUT2D eigenvalue weighted by Crippen LogP contribution is -2.44. The molecule has 0 radical (unpaired) electrons. The van der Waals surface area contributed by atoms with E-state index in [2.05, 4.69) is 25.9 Å². The van der Waals surface area contributed by atoms with Crippen LogP contribution < -0.4 is 5.73 Å². The molecule has 6 atom stereocenters. The van der Waals surface area contributed by atoms with E-state index < -0.39 is 38.0 Å². The third kappa shape index (κ3) is 4.18. The number of aromatic nitrogens is 3. The summed E-state index contributed by atoms with van der Waals surface area (Å²) in [6.07, 6.45) is -0.423. The van der Waals surface area contributed by atoms with Crippen molar-refractivity contribution in [2.24, 2.45) is 0 Å². The summed E-state index contributed by atoms with van der Waals surface area (Å²) in [6, 6.07) is 9.17. The van der Waals surface area contributed by atoms with Crippen molar-refractivity contribution in [3.8, 4) is 0 Å². The van der Waals surface area contributed by atoms with Gasteiger partial charge in [0, 0.05) is 17.1 Å². The highest BCUT2D eigenvalue weighted by Gasteiger charge is 2.54. The van der Waals surface area contributed by atoms with Gasteiger partial charge >= 0.3 is 7.82 Å². The van der Waals surface area contributed by atoms with Crippen molar-refractivity contribution in [3.63, 3.8) is 0 Å². The molecule has 5 rings (SSSR count). The quantitative estimate of drug-likeness (QED) is 0.401. The first kappa shape index (κ1) is 23.8. The Morgan fingerprint density at radius 2 is 2.15 bits per heavy atom. The molecule has 0 bridgehead atoms. The topological polar surface area (TPSA) is 151 Å². The van der Waals surface area contributed by atoms with E-state index >= 15 is 0 Å². The van der Waals surface area contributed by atoms with Gasteiger partial charge in [-0.2, -0.15) is 0 Å². The average Bonchev–Trinajstić information content (AvgIpc) is 3.32. The number of aliphatic hydroxyl groups is 2. The molecule has 2 aliphatic heterocycles. The van der Waals surface area contributed by atoms with Crippen molar-refractivity contribution in [2.45, 2.75) is 43.5 Å². The molecule has 2 saturated heterocycles. The maximum atomic E-state index is 13.2. The summed E-state index contributed by atoms with van der Waals surface area (Å²) in [7, 11) is -3.94. The molecule has 4 heterocycles. The van der Waals surface area contributed by atoms with E-state index in [1.54, 1.807) is 16.8 Å². The van der Waals surface area contributed by atoms with Crippen LogP contribution in [0.15, 0.2) is 47.3 Å². The lowest BCUT2D eigenvalue weighted by molar-refractivity contribution is -0.0950. The van der Waals surface area contributed by atoms with Gasteiger partial charge in [-0.15, -0.1) is 0 Å². The number of hydrogen-bond acceptors (Lipinski definition) is 10. The summed E-state index contributed by atoms with van der Waals surface area (Å²) >= 11 is 3.48. The van der Waals surface area contributed by atoms with Gasteiger partial charge in [0.15, 0.2) is 6.23 Å². The van der Waals surface area contributed by atoms with Crippen molar-refractivity contribution in [1.29, 1.82) is 0 Å². The van der Waals surface area contributed by atoms with Crippen LogP contribution >= 0.6 is 23.8 Å². The zero-order valence-electron chi connectivity index (χ0n) is 18.2. The van der Waals surface area contributed by atoms with E-state index in [4.69, 9.17) is 24.0 Å². The number of nitrogens with zero attached hydrogens (tertiary/aromatic N) is 3. The molecule has 2 aromatic heterocycles. The van der Waals surface area contributed by atoms with Gasteiger partial charge in [-0.3, -0.25) is 13.6 Å². The SMILES string of the molecule is C[C@@]1(O)[C@H](O)[C@@H](CO[P@@]2(=O)OCC[C@@H](c3ccccc3Br)O2)O[C@H]1n1ccc2c(N)ncnc21. The Morgan fingerprint density at radius 1 is 1.35 bits per heavy atom. The molecule has 2 fully saturated rings. The van der Waals surface area contributed by atoms with Crippen LogP contribution in [0.3, 0.4) is 0 Å². The van der Waals surface area contributed by atoms with Crippen molar-refractivity contribution >= 4 is 40.6 Å². The zero-order chi connectivity index (χ0) is 24.1. The highest BCUT2D eigenvalue weighted by atomic mass is 79.9. The fourth-order valence-corrected chi connectivity index (χ4v) is 6.17. The third-order valence-corrected chi connectivity index (χ3v) is 8.28. The standard InChI is InChI=1S/C21H24BrN4O7P/c1-21(28)17(27)16(32-20(21)26-8-6-13-18(23)24-11-25-19(13)26)10-31-34(29)30-9-7-15(33-34)12-4-2-3-5-14(12)22/h2-6,8,11,15-17,20,27-28H,7,9-10H2,1H3,(H2,23,24,25)/t15-,16+,17+,20+,21+,34+/m0/s1. The molecular weight excluding hydrogens is 531 g/mol. The van der Waals surface area contributed by atoms with Crippen molar-refractivity contribution < 1.29 is 33.1 Å². The maximum absolute atomic E-state index is 13.2.